The van der Waals surface area contributed by atoms with E-state index in [0.29, 0.717) is 5.56 Å². The molecule has 0 saturated carbocycles. The summed E-state index contributed by atoms with van der Waals surface area (Å²) in [4.78, 5) is 59.5. The van der Waals surface area contributed by atoms with Crippen LogP contribution in [0.2, 0.25) is 0 Å². The van der Waals surface area contributed by atoms with E-state index in [2.05, 4.69) is 26.1 Å². The average molecular weight is 415 g/mol. The van der Waals surface area contributed by atoms with E-state index in [1.807, 2.05) is 0 Å². The van der Waals surface area contributed by atoms with Gasteiger partial charge >= 0.3 is 0 Å². The maximum atomic E-state index is 12.1. The van der Waals surface area contributed by atoms with Gasteiger partial charge in [0, 0.05) is 23.9 Å². The molecule has 0 unspecified atom stereocenters. The van der Waals surface area contributed by atoms with E-state index >= 15 is 0 Å². The normalized spacial score (nSPS) is 10.5. The van der Waals surface area contributed by atoms with Gasteiger partial charge in [-0.15, -0.1) is 0 Å². The molecule has 0 atom stereocenters. The van der Waals surface area contributed by atoms with Crippen molar-refractivity contribution in [3.8, 4) is 0 Å². The molecule has 0 fully saturated rings. The molecule has 1 aromatic carbocycles. The van der Waals surface area contributed by atoms with Gasteiger partial charge in [-0.2, -0.15) is 11.3 Å². The lowest BCUT2D eigenvalue weighted by Crippen LogP contribution is -2.35. The highest BCUT2D eigenvalue weighted by Gasteiger charge is 2.12. The summed E-state index contributed by atoms with van der Waals surface area (Å²) in [5, 5.41) is 15.6. The summed E-state index contributed by atoms with van der Waals surface area (Å²) in [5.41, 5.74) is -0.356. The van der Waals surface area contributed by atoms with Crippen molar-refractivity contribution in [1.29, 1.82) is 0 Å². The minimum Gasteiger partial charge on any atom is -0.351 e. The zero-order valence-electron chi connectivity index (χ0n) is 15.0. The van der Waals surface area contributed by atoms with Gasteiger partial charge in [0.05, 0.1) is 23.0 Å². The third kappa shape index (κ3) is 4.96. The van der Waals surface area contributed by atoms with Crippen LogP contribution in [0, 0.1) is 0 Å². The van der Waals surface area contributed by atoms with E-state index < -0.39 is 22.9 Å². The molecule has 3 rings (SSSR count). The SMILES string of the molecule is O=C(CCNC(=O)c1ccsc1)NCC(=O)Nc1cccc2c(=O)[nH][nH]c(=O)c12. The number of H-pyrrole nitrogens is 2. The highest BCUT2D eigenvalue weighted by Crippen LogP contribution is 2.16. The first kappa shape index (κ1) is 20.0. The first-order valence-electron chi connectivity index (χ1n) is 8.56. The molecule has 0 bridgehead atoms. The Kier molecular flexibility index (Phi) is 6.19. The van der Waals surface area contributed by atoms with Crippen molar-refractivity contribution >= 4 is 45.5 Å². The van der Waals surface area contributed by atoms with Crippen molar-refractivity contribution in [3.63, 3.8) is 0 Å². The smallest absolute Gasteiger partial charge is 0.272 e. The number of fused-ring (bicyclic) bond motifs is 1. The summed E-state index contributed by atoms with van der Waals surface area (Å²) in [6.07, 6.45) is 0.00642. The Morgan fingerprint density at radius 1 is 0.966 bits per heavy atom. The summed E-state index contributed by atoms with van der Waals surface area (Å²) in [5.74, 6) is -1.25. The van der Waals surface area contributed by atoms with E-state index in [9.17, 15) is 24.0 Å². The van der Waals surface area contributed by atoms with Crippen LogP contribution in [0.5, 0.6) is 0 Å². The molecule has 29 heavy (non-hydrogen) atoms. The minimum absolute atomic E-state index is 0.00642. The van der Waals surface area contributed by atoms with Gasteiger partial charge in [0.2, 0.25) is 11.8 Å². The molecule has 0 spiro atoms. The molecule has 0 aliphatic rings. The predicted molar refractivity (Wildman–Crippen MR) is 108 cm³/mol. The van der Waals surface area contributed by atoms with Crippen LogP contribution in [-0.2, 0) is 9.59 Å². The maximum Gasteiger partial charge on any atom is 0.272 e. The van der Waals surface area contributed by atoms with Crippen molar-refractivity contribution in [3.05, 3.63) is 61.3 Å². The summed E-state index contributed by atoms with van der Waals surface area (Å²) in [6.45, 7) is -0.196. The van der Waals surface area contributed by atoms with Gasteiger partial charge in [0.1, 0.15) is 0 Å². The zero-order valence-corrected chi connectivity index (χ0v) is 15.9. The fourth-order valence-electron chi connectivity index (χ4n) is 2.58. The van der Waals surface area contributed by atoms with Crippen LogP contribution in [0.1, 0.15) is 16.8 Å². The monoisotopic (exact) mass is 415 g/mol. The Morgan fingerprint density at radius 2 is 1.76 bits per heavy atom. The quantitative estimate of drug-likeness (QED) is 0.372. The first-order chi connectivity index (χ1) is 14.0. The second-order valence-corrected chi connectivity index (χ2v) is 6.76. The zero-order chi connectivity index (χ0) is 20.8. The molecule has 0 saturated heterocycles. The van der Waals surface area contributed by atoms with E-state index in [0.717, 1.165) is 0 Å². The van der Waals surface area contributed by atoms with Crippen LogP contribution in [-0.4, -0.2) is 41.0 Å². The van der Waals surface area contributed by atoms with Gasteiger partial charge in [-0.1, -0.05) is 6.07 Å². The molecule has 3 amide bonds. The van der Waals surface area contributed by atoms with Crippen LogP contribution in [0.25, 0.3) is 10.8 Å². The van der Waals surface area contributed by atoms with Crippen LogP contribution < -0.4 is 27.1 Å². The number of rotatable bonds is 7. The average Bonchev–Trinajstić information content (AvgIpc) is 3.24. The molecule has 3 aromatic rings. The van der Waals surface area contributed by atoms with Crippen LogP contribution >= 0.6 is 11.3 Å². The Labute approximate surface area is 167 Å². The molecule has 0 aliphatic carbocycles. The number of aromatic amines is 2. The molecule has 10 nitrogen and oxygen atoms in total. The van der Waals surface area contributed by atoms with Crippen molar-refractivity contribution < 1.29 is 14.4 Å². The van der Waals surface area contributed by atoms with Gasteiger partial charge in [0.15, 0.2) is 0 Å². The number of hydrogen-bond donors (Lipinski definition) is 5. The Balaban J connectivity index is 1.50. The van der Waals surface area contributed by atoms with E-state index in [1.54, 1.807) is 16.8 Å². The number of nitrogens with one attached hydrogen (secondary N) is 5. The number of carbonyl (C=O) groups excluding carboxylic acids is 3. The number of hydrogen-bond acceptors (Lipinski definition) is 6. The fourth-order valence-corrected chi connectivity index (χ4v) is 3.22. The van der Waals surface area contributed by atoms with Crippen molar-refractivity contribution in [2.75, 3.05) is 18.4 Å². The molecule has 2 heterocycles. The third-order valence-corrected chi connectivity index (χ3v) is 4.65. The number of thiophene rings is 1. The third-order valence-electron chi connectivity index (χ3n) is 3.97. The van der Waals surface area contributed by atoms with E-state index in [-0.39, 0.29) is 41.9 Å². The number of carbonyl (C=O) groups is 3. The van der Waals surface area contributed by atoms with Crippen molar-refractivity contribution in [1.82, 2.24) is 20.8 Å². The topological polar surface area (TPSA) is 153 Å². The van der Waals surface area contributed by atoms with E-state index in [1.165, 1.54) is 29.5 Å². The largest absolute Gasteiger partial charge is 0.351 e. The highest BCUT2D eigenvalue weighted by molar-refractivity contribution is 7.08. The second kappa shape index (κ2) is 8.97. The highest BCUT2D eigenvalue weighted by atomic mass is 32.1. The van der Waals surface area contributed by atoms with Gasteiger partial charge < -0.3 is 16.0 Å². The number of aromatic nitrogens is 2. The minimum atomic E-state index is -0.562. The molecular weight excluding hydrogens is 398 g/mol. The molecule has 0 radical (unpaired) electrons. The number of benzene rings is 1. The number of amides is 3. The van der Waals surface area contributed by atoms with Gasteiger partial charge in [-0.25, -0.2) is 0 Å². The van der Waals surface area contributed by atoms with Crippen LogP contribution in [0.15, 0.2) is 44.6 Å². The van der Waals surface area contributed by atoms with Gasteiger partial charge in [0.25, 0.3) is 17.0 Å². The Bertz CT molecular complexity index is 1170. The summed E-state index contributed by atoms with van der Waals surface area (Å²) < 4.78 is 0. The maximum absolute atomic E-state index is 12.1. The molecule has 0 aliphatic heterocycles. The lowest BCUT2D eigenvalue weighted by Gasteiger charge is -2.09. The Hall–Kier alpha value is -3.73. The molecule has 11 heteroatoms. The molecule has 5 N–H and O–H groups in total. The predicted octanol–water partition coefficient (Wildman–Crippen LogP) is 0.153. The van der Waals surface area contributed by atoms with Crippen LogP contribution in [0.4, 0.5) is 5.69 Å². The van der Waals surface area contributed by atoms with Crippen molar-refractivity contribution in [2.45, 2.75) is 6.42 Å². The van der Waals surface area contributed by atoms with Crippen LogP contribution in [0.3, 0.4) is 0 Å². The van der Waals surface area contributed by atoms with Crippen molar-refractivity contribution in [2.24, 2.45) is 0 Å². The molecule has 150 valence electrons. The summed E-state index contributed by atoms with van der Waals surface area (Å²) >= 11 is 1.40. The lowest BCUT2D eigenvalue weighted by atomic mass is 10.1. The fraction of sp³-hybridized carbons (Fsp3) is 0.167. The summed E-state index contributed by atoms with van der Waals surface area (Å²) in [7, 11) is 0. The standard InChI is InChI=1S/C18H17N5O5S/c24-13(4-6-19-16(26)10-5-7-29-9-10)20-8-14(25)21-12-3-1-2-11-15(12)18(28)23-22-17(11)27/h1-3,5,7,9H,4,6,8H2,(H,19,26)(H,20,24)(H,21,25)(H,22,27)(H,23,28). The Morgan fingerprint density at radius 3 is 2.52 bits per heavy atom. The van der Waals surface area contributed by atoms with Gasteiger partial charge in [-0.3, -0.25) is 34.2 Å². The summed E-state index contributed by atoms with van der Waals surface area (Å²) in [6, 6.07) is 6.15. The lowest BCUT2D eigenvalue weighted by molar-refractivity contribution is -0.124. The van der Waals surface area contributed by atoms with E-state index in [4.69, 9.17) is 0 Å². The molecular formula is C18H17N5O5S. The molecule has 2 aromatic heterocycles. The number of anilines is 1. The second-order valence-electron chi connectivity index (χ2n) is 5.98. The first-order valence-corrected chi connectivity index (χ1v) is 9.50. The van der Waals surface area contributed by atoms with Gasteiger partial charge in [-0.05, 0) is 23.6 Å².